The van der Waals surface area contributed by atoms with Gasteiger partial charge in [0, 0.05) is 23.5 Å². The van der Waals surface area contributed by atoms with Crippen molar-refractivity contribution in [1.29, 1.82) is 0 Å². The van der Waals surface area contributed by atoms with E-state index in [0.717, 1.165) is 24.8 Å². The van der Waals surface area contributed by atoms with E-state index in [2.05, 4.69) is 20.4 Å². The average molecular weight is 396 g/mol. The zero-order valence-electron chi connectivity index (χ0n) is 16.0. The largest absolute Gasteiger partial charge is 0.494 e. The van der Waals surface area contributed by atoms with Crippen LogP contribution in [0.1, 0.15) is 48.4 Å². The molecule has 0 saturated heterocycles. The number of ether oxygens (including phenoxy) is 1. The fourth-order valence-electron chi connectivity index (χ4n) is 3.67. The Bertz CT molecular complexity index is 1000. The molecule has 3 aromatic rings. The van der Waals surface area contributed by atoms with Crippen molar-refractivity contribution in [2.75, 3.05) is 7.11 Å². The lowest BCUT2D eigenvalue weighted by atomic mass is 9.81. The van der Waals surface area contributed by atoms with Crippen molar-refractivity contribution in [3.63, 3.8) is 0 Å². The topological polar surface area (TPSA) is 90.1 Å². The molecular formula is C21H21FN4O3. The normalized spacial score (nSPS) is 15.7. The number of nitrogens with zero attached hydrogens (tertiary/aromatic N) is 3. The van der Waals surface area contributed by atoms with Gasteiger partial charge in [-0.25, -0.2) is 4.39 Å². The van der Waals surface area contributed by atoms with Gasteiger partial charge in [0.25, 0.3) is 11.8 Å². The van der Waals surface area contributed by atoms with Crippen molar-refractivity contribution in [3.8, 4) is 17.1 Å². The summed E-state index contributed by atoms with van der Waals surface area (Å²) in [6.45, 7) is 0. The molecule has 1 aliphatic carbocycles. The third-order valence-corrected chi connectivity index (χ3v) is 5.23. The lowest BCUT2D eigenvalue weighted by Gasteiger charge is -2.34. The van der Waals surface area contributed by atoms with Crippen LogP contribution in [-0.4, -0.2) is 28.1 Å². The van der Waals surface area contributed by atoms with E-state index in [-0.39, 0.29) is 11.3 Å². The van der Waals surface area contributed by atoms with Crippen LogP contribution in [0.4, 0.5) is 4.39 Å². The van der Waals surface area contributed by atoms with Crippen molar-refractivity contribution >= 4 is 5.91 Å². The first-order chi connectivity index (χ1) is 14.1. The van der Waals surface area contributed by atoms with Crippen LogP contribution in [-0.2, 0) is 5.54 Å². The van der Waals surface area contributed by atoms with Crippen molar-refractivity contribution in [2.45, 2.75) is 37.6 Å². The first-order valence-corrected chi connectivity index (χ1v) is 9.52. The third-order valence-electron chi connectivity index (χ3n) is 5.23. The quantitative estimate of drug-likeness (QED) is 0.704. The monoisotopic (exact) mass is 396 g/mol. The number of methoxy groups -OCH3 is 1. The van der Waals surface area contributed by atoms with E-state index in [1.807, 2.05) is 6.07 Å². The predicted molar refractivity (Wildman–Crippen MR) is 103 cm³/mol. The molecule has 150 valence electrons. The lowest BCUT2D eigenvalue weighted by Crippen LogP contribution is -2.47. The number of hydrogen-bond donors (Lipinski definition) is 1. The van der Waals surface area contributed by atoms with E-state index in [4.69, 9.17) is 9.26 Å². The molecule has 0 spiro atoms. The van der Waals surface area contributed by atoms with Crippen LogP contribution in [0, 0.1) is 5.82 Å². The molecule has 4 rings (SSSR count). The summed E-state index contributed by atoms with van der Waals surface area (Å²) in [5, 5.41) is 7.11. The molecule has 1 saturated carbocycles. The molecular weight excluding hydrogens is 375 g/mol. The van der Waals surface area contributed by atoms with E-state index in [1.165, 1.54) is 25.3 Å². The molecule has 1 amide bonds. The summed E-state index contributed by atoms with van der Waals surface area (Å²) in [6.07, 6.45) is 7.57. The van der Waals surface area contributed by atoms with E-state index < -0.39 is 17.3 Å². The molecule has 0 aliphatic heterocycles. The lowest BCUT2D eigenvalue weighted by molar-refractivity contribution is 0.0824. The molecule has 1 N–H and O–H groups in total. The van der Waals surface area contributed by atoms with E-state index in [9.17, 15) is 9.18 Å². The molecule has 2 heterocycles. The molecule has 29 heavy (non-hydrogen) atoms. The fourth-order valence-corrected chi connectivity index (χ4v) is 3.67. The van der Waals surface area contributed by atoms with Gasteiger partial charge in [-0.2, -0.15) is 4.98 Å². The first kappa shape index (κ1) is 19.0. The van der Waals surface area contributed by atoms with E-state index in [1.54, 1.807) is 18.5 Å². The third kappa shape index (κ3) is 3.83. The summed E-state index contributed by atoms with van der Waals surface area (Å²) < 4.78 is 24.5. The Labute approximate surface area is 167 Å². The molecule has 1 aliphatic rings. The smallest absolute Gasteiger partial charge is 0.252 e. The molecule has 0 radical (unpaired) electrons. The fraction of sp³-hybridized carbons (Fsp3) is 0.333. The number of amides is 1. The highest BCUT2D eigenvalue weighted by Crippen LogP contribution is 2.37. The van der Waals surface area contributed by atoms with Crippen LogP contribution in [0.5, 0.6) is 5.75 Å². The molecule has 0 unspecified atom stereocenters. The van der Waals surface area contributed by atoms with Gasteiger partial charge < -0.3 is 14.6 Å². The van der Waals surface area contributed by atoms with Gasteiger partial charge in [0.15, 0.2) is 11.6 Å². The zero-order valence-corrected chi connectivity index (χ0v) is 16.0. The maximum Gasteiger partial charge on any atom is 0.252 e. The Morgan fingerprint density at radius 1 is 1.24 bits per heavy atom. The van der Waals surface area contributed by atoms with Crippen LogP contribution >= 0.6 is 0 Å². The Hall–Kier alpha value is -3.29. The number of aromatic nitrogens is 3. The minimum absolute atomic E-state index is 0.0898. The standard InChI is InChI=1S/C21H21FN4O3/c1-28-17-8-7-14(12-16(17)22)19(27)25-21(9-3-2-4-10-21)20-24-18(26-29-20)15-6-5-11-23-13-15/h5-8,11-13H,2-4,9-10H2,1H3,(H,25,27). The summed E-state index contributed by atoms with van der Waals surface area (Å²) in [6, 6.07) is 7.77. The number of pyridine rings is 1. The van der Waals surface area contributed by atoms with Crippen molar-refractivity contribution in [1.82, 2.24) is 20.4 Å². The summed E-state index contributed by atoms with van der Waals surface area (Å²) in [4.78, 5) is 21.5. The molecule has 0 atom stereocenters. The van der Waals surface area contributed by atoms with Gasteiger partial charge in [0.1, 0.15) is 5.54 Å². The maximum absolute atomic E-state index is 14.0. The Morgan fingerprint density at radius 3 is 2.76 bits per heavy atom. The number of halogens is 1. The summed E-state index contributed by atoms with van der Waals surface area (Å²) >= 11 is 0. The van der Waals surface area contributed by atoms with Crippen LogP contribution in [0.2, 0.25) is 0 Å². The van der Waals surface area contributed by atoms with Gasteiger partial charge in [-0.3, -0.25) is 9.78 Å². The van der Waals surface area contributed by atoms with Crippen LogP contribution in [0.3, 0.4) is 0 Å². The van der Waals surface area contributed by atoms with Gasteiger partial charge in [0.2, 0.25) is 5.82 Å². The van der Waals surface area contributed by atoms with Gasteiger partial charge in [-0.05, 0) is 43.2 Å². The molecule has 7 nitrogen and oxygen atoms in total. The Morgan fingerprint density at radius 2 is 2.07 bits per heavy atom. The van der Waals surface area contributed by atoms with Gasteiger partial charge in [-0.15, -0.1) is 0 Å². The van der Waals surface area contributed by atoms with Gasteiger partial charge in [-0.1, -0.05) is 24.4 Å². The predicted octanol–water partition coefficient (Wildman–Crippen LogP) is 3.87. The molecule has 1 aromatic carbocycles. The van der Waals surface area contributed by atoms with Crippen LogP contribution in [0.25, 0.3) is 11.4 Å². The summed E-state index contributed by atoms with van der Waals surface area (Å²) in [5.74, 6) is -0.114. The van der Waals surface area contributed by atoms with Crippen molar-refractivity contribution in [3.05, 3.63) is 60.0 Å². The number of rotatable bonds is 5. The number of carbonyl (C=O) groups is 1. The first-order valence-electron chi connectivity index (χ1n) is 9.52. The van der Waals surface area contributed by atoms with Crippen molar-refractivity contribution < 1.29 is 18.4 Å². The summed E-state index contributed by atoms with van der Waals surface area (Å²) in [7, 11) is 1.38. The van der Waals surface area contributed by atoms with Gasteiger partial charge in [0.05, 0.1) is 7.11 Å². The highest BCUT2D eigenvalue weighted by molar-refractivity contribution is 5.94. The highest BCUT2D eigenvalue weighted by atomic mass is 19.1. The van der Waals surface area contributed by atoms with Crippen LogP contribution in [0.15, 0.2) is 47.2 Å². The number of hydrogen-bond acceptors (Lipinski definition) is 6. The van der Waals surface area contributed by atoms with Crippen LogP contribution < -0.4 is 10.1 Å². The highest BCUT2D eigenvalue weighted by Gasteiger charge is 2.41. The molecule has 2 aromatic heterocycles. The Kier molecular flexibility index (Phi) is 5.24. The molecule has 8 heteroatoms. The second-order valence-electron chi connectivity index (χ2n) is 7.11. The number of nitrogens with one attached hydrogen (secondary N) is 1. The summed E-state index contributed by atoms with van der Waals surface area (Å²) in [5.41, 5.74) is 0.163. The number of carbonyl (C=O) groups excluding carboxylic acids is 1. The van der Waals surface area contributed by atoms with E-state index >= 15 is 0 Å². The maximum atomic E-state index is 14.0. The average Bonchev–Trinajstić information content (AvgIpc) is 3.26. The second-order valence-corrected chi connectivity index (χ2v) is 7.11. The van der Waals surface area contributed by atoms with Crippen molar-refractivity contribution in [2.24, 2.45) is 0 Å². The van der Waals surface area contributed by atoms with E-state index in [0.29, 0.717) is 24.6 Å². The zero-order chi connectivity index (χ0) is 20.3. The number of benzene rings is 1. The minimum Gasteiger partial charge on any atom is -0.494 e. The molecule has 1 fully saturated rings. The van der Waals surface area contributed by atoms with Gasteiger partial charge >= 0.3 is 0 Å². The minimum atomic E-state index is -0.779. The Balaban J connectivity index is 1.63. The SMILES string of the molecule is COc1ccc(C(=O)NC2(c3nc(-c4cccnc4)no3)CCCCC2)cc1F. The second kappa shape index (κ2) is 7.98. The molecule has 0 bridgehead atoms.